The molecule has 0 saturated carbocycles. The maximum Gasteiger partial charge on any atom is 0.308 e. The maximum atomic E-state index is 12.6. The molecule has 6 nitrogen and oxygen atoms in total. The third-order valence-electron chi connectivity index (χ3n) is 4.73. The summed E-state index contributed by atoms with van der Waals surface area (Å²) in [6.07, 6.45) is 0.481. The predicted molar refractivity (Wildman–Crippen MR) is 98.2 cm³/mol. The van der Waals surface area contributed by atoms with Gasteiger partial charge < -0.3 is 15.3 Å². The molecule has 2 unspecified atom stereocenters. The molecule has 0 spiro atoms. The molecular weight excluding hydrogens is 352 g/mol. The lowest BCUT2D eigenvalue weighted by atomic mass is 10.0. The molecule has 2 N–H and O–H groups in total. The molecule has 136 valence electrons. The first kappa shape index (κ1) is 18.1. The molecule has 2 atom stereocenters. The van der Waals surface area contributed by atoms with E-state index in [1.165, 1.54) is 11.3 Å². The Hall–Kier alpha value is -2.67. The molecule has 1 aromatic heterocycles. The quantitative estimate of drug-likeness (QED) is 0.845. The highest BCUT2D eigenvalue weighted by atomic mass is 32.1. The number of benzene rings is 1. The molecule has 1 aromatic carbocycles. The van der Waals surface area contributed by atoms with Crippen LogP contribution in [0.1, 0.15) is 38.9 Å². The van der Waals surface area contributed by atoms with Crippen LogP contribution >= 0.6 is 11.3 Å². The number of hydrogen-bond acceptors (Lipinski definition) is 4. The van der Waals surface area contributed by atoms with Crippen LogP contribution in [0.3, 0.4) is 0 Å². The molecule has 1 saturated heterocycles. The number of aliphatic carboxylic acids is 1. The van der Waals surface area contributed by atoms with Gasteiger partial charge in [0, 0.05) is 24.7 Å². The van der Waals surface area contributed by atoms with Gasteiger partial charge in [0.1, 0.15) is 0 Å². The first-order chi connectivity index (χ1) is 12.5. The average molecular weight is 372 g/mol. The smallest absolute Gasteiger partial charge is 0.308 e. The number of thiophene rings is 1. The lowest BCUT2D eigenvalue weighted by Crippen LogP contribution is -2.37. The number of carboxylic acid groups (broad SMARTS) is 1. The fourth-order valence-electron chi connectivity index (χ4n) is 3.16. The van der Waals surface area contributed by atoms with Gasteiger partial charge in [-0.2, -0.15) is 0 Å². The predicted octanol–water partition coefficient (Wildman–Crippen LogP) is 2.61. The average Bonchev–Trinajstić information content (AvgIpc) is 3.29. The highest BCUT2D eigenvalue weighted by Crippen LogP contribution is 2.26. The summed E-state index contributed by atoms with van der Waals surface area (Å²) in [5.74, 6) is -1.64. The van der Waals surface area contributed by atoms with Gasteiger partial charge in [0.2, 0.25) is 0 Å². The Kier molecular flexibility index (Phi) is 5.37. The van der Waals surface area contributed by atoms with Crippen molar-refractivity contribution in [2.24, 2.45) is 5.92 Å². The second-order valence-corrected chi connectivity index (χ2v) is 7.28. The standard InChI is InChI=1S/C19H20N2O4S/c1-12-15(19(24)25)8-9-21(12)18(23)14-6-4-13(5-7-14)11-20-17(22)16-3-2-10-26-16/h2-7,10,12,15H,8-9,11H2,1H3,(H,20,22)(H,24,25). The van der Waals surface area contributed by atoms with E-state index in [0.717, 1.165) is 5.56 Å². The Morgan fingerprint density at radius 3 is 2.54 bits per heavy atom. The van der Waals surface area contributed by atoms with Gasteiger partial charge in [-0.15, -0.1) is 11.3 Å². The summed E-state index contributed by atoms with van der Waals surface area (Å²) < 4.78 is 0. The van der Waals surface area contributed by atoms with Crippen LogP contribution in [-0.4, -0.2) is 40.4 Å². The number of hydrogen-bond donors (Lipinski definition) is 2. The van der Waals surface area contributed by atoms with Gasteiger partial charge in [0.25, 0.3) is 11.8 Å². The van der Waals surface area contributed by atoms with Crippen LogP contribution in [-0.2, 0) is 11.3 Å². The van der Waals surface area contributed by atoms with Crippen LogP contribution in [0.5, 0.6) is 0 Å². The van der Waals surface area contributed by atoms with Crippen molar-refractivity contribution in [3.63, 3.8) is 0 Å². The second kappa shape index (κ2) is 7.70. The Morgan fingerprint density at radius 1 is 1.23 bits per heavy atom. The molecule has 0 radical (unpaired) electrons. The van der Waals surface area contributed by atoms with Gasteiger partial charge in [0.15, 0.2) is 0 Å². The van der Waals surface area contributed by atoms with Gasteiger partial charge >= 0.3 is 5.97 Å². The zero-order chi connectivity index (χ0) is 18.7. The number of carbonyl (C=O) groups is 3. The van der Waals surface area contributed by atoms with E-state index in [1.54, 1.807) is 42.2 Å². The molecule has 2 aromatic rings. The van der Waals surface area contributed by atoms with Gasteiger partial charge in [-0.3, -0.25) is 14.4 Å². The molecule has 2 heterocycles. The Labute approximate surface area is 155 Å². The van der Waals surface area contributed by atoms with E-state index in [4.69, 9.17) is 0 Å². The van der Waals surface area contributed by atoms with Crippen molar-refractivity contribution in [2.45, 2.75) is 25.9 Å². The molecule has 0 bridgehead atoms. The highest BCUT2D eigenvalue weighted by Gasteiger charge is 2.38. The maximum absolute atomic E-state index is 12.6. The van der Waals surface area contributed by atoms with E-state index < -0.39 is 11.9 Å². The van der Waals surface area contributed by atoms with Crippen LogP contribution in [0.4, 0.5) is 0 Å². The summed E-state index contributed by atoms with van der Waals surface area (Å²) in [6, 6.07) is 10.3. The third kappa shape index (κ3) is 3.77. The van der Waals surface area contributed by atoms with Crippen LogP contribution in [0.2, 0.25) is 0 Å². The van der Waals surface area contributed by atoms with Gasteiger partial charge in [-0.05, 0) is 42.5 Å². The van der Waals surface area contributed by atoms with Crippen molar-refractivity contribution in [1.82, 2.24) is 10.2 Å². The number of rotatable bonds is 5. The van der Waals surface area contributed by atoms with Gasteiger partial charge in [0.05, 0.1) is 10.8 Å². The fourth-order valence-corrected chi connectivity index (χ4v) is 3.80. The van der Waals surface area contributed by atoms with Crippen LogP contribution in [0, 0.1) is 5.92 Å². The Bertz CT molecular complexity index is 801. The normalized spacial score (nSPS) is 19.3. The SMILES string of the molecule is CC1C(C(=O)O)CCN1C(=O)c1ccc(CNC(=O)c2cccs2)cc1. The summed E-state index contributed by atoms with van der Waals surface area (Å²) in [7, 11) is 0. The fraction of sp³-hybridized carbons (Fsp3) is 0.316. The van der Waals surface area contributed by atoms with Crippen molar-refractivity contribution in [1.29, 1.82) is 0 Å². The van der Waals surface area contributed by atoms with E-state index in [-0.39, 0.29) is 17.9 Å². The molecule has 0 aliphatic carbocycles. The Balaban J connectivity index is 1.60. The summed E-state index contributed by atoms with van der Waals surface area (Å²) in [6.45, 7) is 2.61. The minimum Gasteiger partial charge on any atom is -0.481 e. The van der Waals surface area contributed by atoms with Gasteiger partial charge in [-0.25, -0.2) is 0 Å². The third-order valence-corrected chi connectivity index (χ3v) is 5.60. The summed E-state index contributed by atoms with van der Waals surface area (Å²) in [5.41, 5.74) is 1.42. The van der Waals surface area contributed by atoms with Crippen LogP contribution in [0.25, 0.3) is 0 Å². The van der Waals surface area contributed by atoms with E-state index in [2.05, 4.69) is 5.32 Å². The topological polar surface area (TPSA) is 86.7 Å². The second-order valence-electron chi connectivity index (χ2n) is 6.33. The van der Waals surface area contributed by atoms with E-state index in [9.17, 15) is 19.5 Å². The van der Waals surface area contributed by atoms with E-state index in [1.807, 2.05) is 11.4 Å². The molecule has 1 aliphatic rings. The minimum atomic E-state index is -0.857. The van der Waals surface area contributed by atoms with Crippen molar-refractivity contribution in [3.05, 3.63) is 57.8 Å². The molecular formula is C19H20N2O4S. The summed E-state index contributed by atoms with van der Waals surface area (Å²) >= 11 is 1.38. The molecule has 7 heteroatoms. The van der Waals surface area contributed by atoms with Crippen molar-refractivity contribution >= 4 is 29.1 Å². The first-order valence-corrected chi connectivity index (χ1v) is 9.29. The number of carbonyl (C=O) groups excluding carboxylic acids is 2. The summed E-state index contributed by atoms with van der Waals surface area (Å²) in [4.78, 5) is 38.0. The number of nitrogens with zero attached hydrogens (tertiary/aromatic N) is 1. The molecule has 26 heavy (non-hydrogen) atoms. The van der Waals surface area contributed by atoms with Crippen LogP contribution < -0.4 is 5.32 Å². The lowest BCUT2D eigenvalue weighted by molar-refractivity contribution is -0.142. The molecule has 2 amide bonds. The largest absolute Gasteiger partial charge is 0.481 e. The van der Waals surface area contributed by atoms with Gasteiger partial charge in [-0.1, -0.05) is 18.2 Å². The zero-order valence-corrected chi connectivity index (χ0v) is 15.2. The van der Waals surface area contributed by atoms with Crippen molar-refractivity contribution in [2.75, 3.05) is 6.54 Å². The highest BCUT2D eigenvalue weighted by molar-refractivity contribution is 7.12. The molecule has 3 rings (SSSR count). The number of likely N-dealkylation sites (tertiary alicyclic amines) is 1. The number of amides is 2. The number of nitrogens with one attached hydrogen (secondary N) is 1. The Morgan fingerprint density at radius 2 is 1.96 bits per heavy atom. The van der Waals surface area contributed by atoms with E-state index >= 15 is 0 Å². The van der Waals surface area contributed by atoms with Crippen LogP contribution in [0.15, 0.2) is 41.8 Å². The first-order valence-electron chi connectivity index (χ1n) is 8.42. The number of carboxylic acids is 1. The lowest BCUT2D eigenvalue weighted by Gasteiger charge is -2.23. The molecule has 1 aliphatic heterocycles. The van der Waals surface area contributed by atoms with Crippen molar-refractivity contribution < 1.29 is 19.5 Å². The zero-order valence-electron chi connectivity index (χ0n) is 14.3. The molecule has 1 fully saturated rings. The summed E-state index contributed by atoms with van der Waals surface area (Å²) in [5, 5.41) is 13.9. The minimum absolute atomic E-state index is 0.120. The van der Waals surface area contributed by atoms with E-state index in [0.29, 0.717) is 30.0 Å². The monoisotopic (exact) mass is 372 g/mol. The van der Waals surface area contributed by atoms with Crippen molar-refractivity contribution in [3.8, 4) is 0 Å².